The maximum atomic E-state index is 12.3. The fraction of sp³-hybridized carbons (Fsp3) is 0.933. The summed E-state index contributed by atoms with van der Waals surface area (Å²) in [7, 11) is 0. The highest BCUT2D eigenvalue weighted by atomic mass is 16.7. The smallest absolute Gasteiger partial charge is 0.223 e. The lowest BCUT2D eigenvalue weighted by molar-refractivity contribution is -0.187. The van der Waals surface area contributed by atoms with E-state index >= 15 is 0 Å². The molecular formula is C15H26N2O3. The monoisotopic (exact) mass is 282 g/mol. The first-order valence-electron chi connectivity index (χ1n) is 8.06. The minimum atomic E-state index is -0.371. The van der Waals surface area contributed by atoms with E-state index in [-0.39, 0.29) is 5.79 Å². The summed E-state index contributed by atoms with van der Waals surface area (Å²) in [5.41, 5.74) is 0. The van der Waals surface area contributed by atoms with Gasteiger partial charge in [0.05, 0.1) is 13.2 Å². The number of rotatable bonds is 3. The Balaban J connectivity index is 1.39. The summed E-state index contributed by atoms with van der Waals surface area (Å²) in [6.07, 6.45) is 6.22. The predicted molar refractivity (Wildman–Crippen MR) is 75.4 cm³/mol. The first kappa shape index (κ1) is 14.3. The molecule has 0 unspecified atom stereocenters. The Morgan fingerprint density at radius 2 is 1.60 bits per heavy atom. The van der Waals surface area contributed by atoms with Crippen LogP contribution in [-0.4, -0.2) is 67.4 Å². The van der Waals surface area contributed by atoms with E-state index in [0.717, 1.165) is 45.6 Å². The van der Waals surface area contributed by atoms with Gasteiger partial charge in [0.1, 0.15) is 0 Å². The normalized spacial score (nSPS) is 27.1. The quantitative estimate of drug-likeness (QED) is 0.781. The van der Waals surface area contributed by atoms with Crippen molar-refractivity contribution in [2.45, 2.75) is 44.3 Å². The van der Waals surface area contributed by atoms with Crippen molar-refractivity contribution < 1.29 is 14.3 Å². The summed E-state index contributed by atoms with van der Waals surface area (Å²) in [5, 5.41) is 0. The molecule has 3 saturated heterocycles. The van der Waals surface area contributed by atoms with Gasteiger partial charge in [-0.25, -0.2) is 0 Å². The second kappa shape index (κ2) is 6.41. The zero-order valence-electron chi connectivity index (χ0n) is 12.3. The zero-order chi connectivity index (χ0) is 13.8. The Bertz CT molecular complexity index is 326. The second-order valence-corrected chi connectivity index (χ2v) is 6.14. The molecule has 20 heavy (non-hydrogen) atoms. The van der Waals surface area contributed by atoms with Crippen LogP contribution in [-0.2, 0) is 14.3 Å². The average Bonchev–Trinajstić information content (AvgIpc) is 2.95. The van der Waals surface area contributed by atoms with E-state index in [4.69, 9.17) is 9.47 Å². The molecule has 0 atom stereocenters. The van der Waals surface area contributed by atoms with Gasteiger partial charge in [-0.2, -0.15) is 0 Å². The van der Waals surface area contributed by atoms with Gasteiger partial charge in [-0.3, -0.25) is 4.79 Å². The number of hydrogen-bond donors (Lipinski definition) is 0. The van der Waals surface area contributed by atoms with Crippen LogP contribution in [0.2, 0.25) is 0 Å². The van der Waals surface area contributed by atoms with Crippen LogP contribution >= 0.6 is 0 Å². The largest absolute Gasteiger partial charge is 0.347 e. The number of hydrogen-bond acceptors (Lipinski definition) is 4. The lowest BCUT2D eigenvalue weighted by Gasteiger charge is -2.38. The van der Waals surface area contributed by atoms with Crippen molar-refractivity contribution in [3.63, 3.8) is 0 Å². The number of nitrogens with zero attached hydrogens (tertiary/aromatic N) is 2. The molecule has 114 valence electrons. The van der Waals surface area contributed by atoms with Gasteiger partial charge in [0.25, 0.3) is 0 Å². The highest BCUT2D eigenvalue weighted by Crippen LogP contribution is 2.31. The third kappa shape index (κ3) is 3.32. The summed E-state index contributed by atoms with van der Waals surface area (Å²) in [5.74, 6) is -0.0765. The van der Waals surface area contributed by atoms with Crippen molar-refractivity contribution in [3.8, 4) is 0 Å². The first-order chi connectivity index (χ1) is 9.77. The van der Waals surface area contributed by atoms with Crippen LogP contribution in [0, 0.1) is 0 Å². The number of amides is 1. The molecule has 0 bridgehead atoms. The van der Waals surface area contributed by atoms with E-state index in [1.807, 2.05) is 4.90 Å². The molecule has 0 saturated carbocycles. The van der Waals surface area contributed by atoms with E-state index in [1.54, 1.807) is 0 Å². The van der Waals surface area contributed by atoms with Crippen LogP contribution in [0.4, 0.5) is 0 Å². The third-order valence-corrected chi connectivity index (χ3v) is 4.78. The van der Waals surface area contributed by atoms with Gasteiger partial charge in [0.2, 0.25) is 5.91 Å². The van der Waals surface area contributed by atoms with Gasteiger partial charge < -0.3 is 19.3 Å². The molecule has 3 aliphatic rings. The van der Waals surface area contributed by atoms with Crippen LogP contribution in [0.5, 0.6) is 0 Å². The molecule has 3 heterocycles. The van der Waals surface area contributed by atoms with Crippen LogP contribution in [0.15, 0.2) is 0 Å². The molecule has 3 aliphatic heterocycles. The SMILES string of the molecule is O=C(CCN1CCCCC1)N1CCC2(CC1)OCCO2. The summed E-state index contributed by atoms with van der Waals surface area (Å²) in [6, 6.07) is 0. The Kier molecular flexibility index (Phi) is 4.58. The molecule has 1 spiro atoms. The molecule has 0 N–H and O–H groups in total. The van der Waals surface area contributed by atoms with E-state index in [0.29, 0.717) is 25.5 Å². The fourth-order valence-electron chi connectivity index (χ4n) is 3.48. The predicted octanol–water partition coefficient (Wildman–Crippen LogP) is 1.23. The van der Waals surface area contributed by atoms with Gasteiger partial charge in [-0.05, 0) is 25.9 Å². The van der Waals surface area contributed by atoms with Gasteiger partial charge in [-0.15, -0.1) is 0 Å². The molecule has 0 radical (unpaired) electrons. The highest BCUT2D eigenvalue weighted by molar-refractivity contribution is 5.76. The number of piperidine rings is 2. The summed E-state index contributed by atoms with van der Waals surface area (Å²) in [6.45, 7) is 6.20. The fourth-order valence-corrected chi connectivity index (χ4v) is 3.48. The highest BCUT2D eigenvalue weighted by Gasteiger charge is 2.40. The van der Waals surface area contributed by atoms with E-state index in [1.165, 1.54) is 19.3 Å². The average molecular weight is 282 g/mol. The summed E-state index contributed by atoms with van der Waals surface area (Å²) >= 11 is 0. The Morgan fingerprint density at radius 3 is 2.25 bits per heavy atom. The molecule has 3 fully saturated rings. The van der Waals surface area contributed by atoms with Crippen molar-refractivity contribution in [1.29, 1.82) is 0 Å². The molecule has 0 aromatic rings. The second-order valence-electron chi connectivity index (χ2n) is 6.14. The van der Waals surface area contributed by atoms with Gasteiger partial charge in [0.15, 0.2) is 5.79 Å². The molecule has 5 heteroatoms. The Hall–Kier alpha value is -0.650. The van der Waals surface area contributed by atoms with E-state index < -0.39 is 0 Å². The molecule has 5 nitrogen and oxygen atoms in total. The number of ether oxygens (including phenoxy) is 2. The number of carbonyl (C=O) groups is 1. The van der Waals surface area contributed by atoms with Crippen molar-refractivity contribution in [1.82, 2.24) is 9.80 Å². The summed E-state index contributed by atoms with van der Waals surface area (Å²) < 4.78 is 11.4. The van der Waals surface area contributed by atoms with E-state index in [2.05, 4.69) is 4.90 Å². The Morgan fingerprint density at radius 1 is 0.950 bits per heavy atom. The lowest BCUT2D eigenvalue weighted by atomic mass is 10.0. The minimum Gasteiger partial charge on any atom is -0.347 e. The standard InChI is InChI=1S/C15H26N2O3/c18-14(4-9-16-7-2-1-3-8-16)17-10-5-15(6-11-17)19-12-13-20-15/h1-13H2. The molecule has 0 aromatic heterocycles. The Labute approximate surface area is 121 Å². The molecular weight excluding hydrogens is 256 g/mol. The van der Waals surface area contributed by atoms with Crippen molar-refractivity contribution in [2.24, 2.45) is 0 Å². The first-order valence-corrected chi connectivity index (χ1v) is 8.06. The van der Waals surface area contributed by atoms with Crippen LogP contribution in [0.25, 0.3) is 0 Å². The van der Waals surface area contributed by atoms with E-state index in [9.17, 15) is 4.79 Å². The molecule has 0 aromatic carbocycles. The number of carbonyl (C=O) groups excluding carboxylic acids is 1. The van der Waals surface area contributed by atoms with Gasteiger partial charge in [-0.1, -0.05) is 6.42 Å². The third-order valence-electron chi connectivity index (χ3n) is 4.78. The lowest BCUT2D eigenvalue weighted by Crippen LogP contribution is -2.47. The topological polar surface area (TPSA) is 42.0 Å². The maximum absolute atomic E-state index is 12.3. The van der Waals surface area contributed by atoms with Crippen molar-refractivity contribution >= 4 is 5.91 Å². The minimum absolute atomic E-state index is 0.295. The molecule has 1 amide bonds. The van der Waals surface area contributed by atoms with Crippen LogP contribution in [0.3, 0.4) is 0 Å². The zero-order valence-corrected chi connectivity index (χ0v) is 12.3. The van der Waals surface area contributed by atoms with Crippen LogP contribution in [0.1, 0.15) is 38.5 Å². The summed E-state index contributed by atoms with van der Waals surface area (Å²) in [4.78, 5) is 16.7. The maximum Gasteiger partial charge on any atom is 0.223 e. The van der Waals surface area contributed by atoms with Gasteiger partial charge in [0, 0.05) is 38.9 Å². The van der Waals surface area contributed by atoms with Crippen molar-refractivity contribution in [3.05, 3.63) is 0 Å². The molecule has 3 rings (SSSR count). The van der Waals surface area contributed by atoms with Crippen molar-refractivity contribution in [2.75, 3.05) is 45.9 Å². The van der Waals surface area contributed by atoms with Crippen LogP contribution < -0.4 is 0 Å². The molecule has 0 aliphatic carbocycles. The number of likely N-dealkylation sites (tertiary alicyclic amines) is 2. The van der Waals surface area contributed by atoms with Gasteiger partial charge >= 0.3 is 0 Å².